The lowest BCUT2D eigenvalue weighted by Gasteiger charge is -2.33. The van der Waals surface area contributed by atoms with Gasteiger partial charge in [-0.2, -0.15) is 9.49 Å². The number of benzene rings is 1. The summed E-state index contributed by atoms with van der Waals surface area (Å²) in [6, 6.07) is 9.29. The van der Waals surface area contributed by atoms with Crippen LogP contribution < -0.4 is 10.6 Å². The Kier molecular flexibility index (Phi) is 6.30. The molecule has 11 heteroatoms. The van der Waals surface area contributed by atoms with Crippen molar-refractivity contribution in [3.63, 3.8) is 0 Å². The van der Waals surface area contributed by atoms with Crippen molar-refractivity contribution in [2.24, 2.45) is 7.05 Å². The Balaban J connectivity index is 1.16. The zero-order valence-electron chi connectivity index (χ0n) is 20.7. The number of hydrogen-bond donors (Lipinski definition) is 2. The van der Waals surface area contributed by atoms with Crippen LogP contribution in [0.25, 0.3) is 22.0 Å². The highest BCUT2D eigenvalue weighted by molar-refractivity contribution is 6.06. The van der Waals surface area contributed by atoms with Gasteiger partial charge in [0.15, 0.2) is 0 Å². The van der Waals surface area contributed by atoms with Crippen molar-refractivity contribution < 1.29 is 18.7 Å². The number of morpholine rings is 1. The number of nitrogens with zero attached hydrogens (tertiary/aromatic N) is 5. The van der Waals surface area contributed by atoms with E-state index in [2.05, 4.69) is 30.6 Å². The van der Waals surface area contributed by atoms with E-state index < -0.39 is 11.9 Å². The molecule has 2 aliphatic rings. The molecule has 0 saturated carbocycles. The summed E-state index contributed by atoms with van der Waals surface area (Å²) in [5.41, 5.74) is 3.03. The molecule has 3 aromatic heterocycles. The lowest BCUT2D eigenvalue weighted by molar-refractivity contribution is -0.120. The van der Waals surface area contributed by atoms with Crippen LogP contribution in [0.2, 0.25) is 0 Å². The maximum atomic E-state index is 14.5. The fourth-order valence-electron chi connectivity index (χ4n) is 5.14. The first-order valence-electron chi connectivity index (χ1n) is 12.4. The molecule has 10 nitrogen and oxygen atoms in total. The van der Waals surface area contributed by atoms with Gasteiger partial charge in [-0.15, -0.1) is 0 Å². The molecule has 194 valence electrons. The predicted molar refractivity (Wildman–Crippen MR) is 139 cm³/mol. The van der Waals surface area contributed by atoms with E-state index >= 15 is 0 Å². The summed E-state index contributed by atoms with van der Waals surface area (Å²) in [7, 11) is 1.84. The maximum Gasteiger partial charge on any atom is 0.257 e. The molecule has 4 aromatic rings. The Hall–Kier alpha value is -4.22. The number of pyridine rings is 2. The van der Waals surface area contributed by atoms with E-state index in [0.29, 0.717) is 18.9 Å². The summed E-state index contributed by atoms with van der Waals surface area (Å²) in [5.74, 6) is -1.62. The Morgan fingerprint density at radius 2 is 1.84 bits per heavy atom. The molecule has 2 fully saturated rings. The van der Waals surface area contributed by atoms with Gasteiger partial charge in [0.2, 0.25) is 11.9 Å². The fraction of sp³-hybridized carbons (Fsp3) is 0.296. The molecule has 38 heavy (non-hydrogen) atoms. The quantitative estimate of drug-likeness (QED) is 0.379. The molecule has 2 saturated heterocycles. The maximum absolute atomic E-state index is 14.5. The highest BCUT2D eigenvalue weighted by atomic mass is 19.1. The number of aromatic nitrogens is 4. The number of amides is 2. The van der Waals surface area contributed by atoms with Crippen LogP contribution in [0.3, 0.4) is 0 Å². The first-order valence-corrected chi connectivity index (χ1v) is 12.4. The topological polar surface area (TPSA) is 114 Å². The monoisotopic (exact) mass is 515 g/mol. The second-order valence-electron chi connectivity index (χ2n) is 9.69. The van der Waals surface area contributed by atoms with Crippen molar-refractivity contribution >= 4 is 34.1 Å². The molecule has 0 radical (unpaired) electrons. The van der Waals surface area contributed by atoms with Crippen LogP contribution in [0.15, 0.2) is 55.1 Å². The van der Waals surface area contributed by atoms with Crippen LogP contribution in [0, 0.1) is 5.95 Å². The van der Waals surface area contributed by atoms with E-state index in [4.69, 9.17) is 4.74 Å². The highest BCUT2D eigenvalue weighted by Gasteiger charge is 2.38. The molecule has 2 unspecified atom stereocenters. The van der Waals surface area contributed by atoms with Crippen molar-refractivity contribution in [1.29, 1.82) is 0 Å². The number of rotatable bonds is 6. The van der Waals surface area contributed by atoms with Gasteiger partial charge in [-0.25, -0.2) is 4.98 Å². The summed E-state index contributed by atoms with van der Waals surface area (Å²) in [4.78, 5) is 35.9. The summed E-state index contributed by atoms with van der Waals surface area (Å²) in [6.45, 7) is 1.49. The number of carbonyl (C=O) groups is 2. The van der Waals surface area contributed by atoms with Crippen LogP contribution in [0.5, 0.6) is 0 Å². The van der Waals surface area contributed by atoms with Gasteiger partial charge in [0.25, 0.3) is 5.91 Å². The number of nitrogens with one attached hydrogen (secondary N) is 2. The largest absolute Gasteiger partial charge is 0.378 e. The number of fused-ring (bicyclic) bond motifs is 3. The van der Waals surface area contributed by atoms with Gasteiger partial charge < -0.3 is 15.4 Å². The van der Waals surface area contributed by atoms with Crippen LogP contribution in [-0.2, 0) is 16.6 Å². The minimum atomic E-state index is -0.852. The van der Waals surface area contributed by atoms with Crippen molar-refractivity contribution in [3.8, 4) is 11.1 Å². The standard InChI is InChI=1S/C27H26FN7O3/c1-34-12-19(10-31-34)16-2-5-23-17(6-16)7-18(9-29-23)27(37)33-24-8-20(11-30-26(24)28)32-25(36)13-35-21-3-4-22(35)15-38-14-21/h2,5-12,21-22H,3-4,13-15H2,1H3,(H,32,36)(H,33,37). The lowest BCUT2D eigenvalue weighted by atomic mass is 10.1. The first-order chi connectivity index (χ1) is 18.4. The van der Waals surface area contributed by atoms with Gasteiger partial charge >= 0.3 is 0 Å². The van der Waals surface area contributed by atoms with E-state index in [-0.39, 0.29) is 35.8 Å². The smallest absolute Gasteiger partial charge is 0.257 e. The fourth-order valence-corrected chi connectivity index (χ4v) is 5.14. The zero-order valence-corrected chi connectivity index (χ0v) is 20.7. The molecule has 2 N–H and O–H groups in total. The van der Waals surface area contributed by atoms with E-state index in [9.17, 15) is 14.0 Å². The van der Waals surface area contributed by atoms with Gasteiger partial charge in [-0.1, -0.05) is 6.07 Å². The number of aryl methyl sites for hydroxylation is 1. The minimum Gasteiger partial charge on any atom is -0.378 e. The number of hydrogen-bond acceptors (Lipinski definition) is 7. The van der Waals surface area contributed by atoms with Crippen molar-refractivity contribution in [2.45, 2.75) is 24.9 Å². The van der Waals surface area contributed by atoms with Gasteiger partial charge in [0.1, 0.15) is 0 Å². The van der Waals surface area contributed by atoms with Gasteiger partial charge in [0, 0.05) is 42.5 Å². The third-order valence-corrected chi connectivity index (χ3v) is 7.07. The van der Waals surface area contributed by atoms with Crippen LogP contribution >= 0.6 is 0 Å². The van der Waals surface area contributed by atoms with E-state index in [1.165, 1.54) is 18.5 Å². The highest BCUT2D eigenvalue weighted by Crippen LogP contribution is 2.29. The summed E-state index contributed by atoms with van der Waals surface area (Å²) >= 11 is 0. The summed E-state index contributed by atoms with van der Waals surface area (Å²) < 4.78 is 21.8. The lowest BCUT2D eigenvalue weighted by Crippen LogP contribution is -2.48. The number of carbonyl (C=O) groups excluding carboxylic acids is 2. The van der Waals surface area contributed by atoms with E-state index in [1.807, 2.05) is 31.4 Å². The molecular weight excluding hydrogens is 489 g/mol. The molecule has 1 aromatic carbocycles. The van der Waals surface area contributed by atoms with E-state index in [0.717, 1.165) is 34.9 Å². The third-order valence-electron chi connectivity index (χ3n) is 7.07. The summed E-state index contributed by atoms with van der Waals surface area (Å²) in [6.07, 6.45) is 8.36. The second-order valence-corrected chi connectivity index (χ2v) is 9.69. The SMILES string of the molecule is Cn1cc(-c2ccc3ncc(C(=O)Nc4cc(NC(=O)CN5C6CCC5COC6)cnc4F)cc3c2)cn1. The number of anilines is 2. The molecular formula is C27H26FN7O3. The van der Waals surface area contributed by atoms with Crippen LogP contribution in [0.1, 0.15) is 23.2 Å². The Labute approximate surface area is 217 Å². The number of ether oxygens (including phenoxy) is 1. The van der Waals surface area contributed by atoms with Crippen molar-refractivity contribution in [1.82, 2.24) is 24.6 Å². The van der Waals surface area contributed by atoms with Gasteiger partial charge in [-0.05, 0) is 42.7 Å². The average molecular weight is 516 g/mol. The summed E-state index contributed by atoms with van der Waals surface area (Å²) in [5, 5.41) is 10.3. The molecule has 2 bridgehead atoms. The predicted octanol–water partition coefficient (Wildman–Crippen LogP) is 3.22. The molecule has 0 spiro atoms. The zero-order chi connectivity index (χ0) is 26.2. The molecule has 2 aliphatic heterocycles. The van der Waals surface area contributed by atoms with Crippen molar-refractivity contribution in [2.75, 3.05) is 30.4 Å². The first kappa shape index (κ1) is 24.1. The van der Waals surface area contributed by atoms with Crippen molar-refractivity contribution in [3.05, 3.63) is 66.6 Å². The average Bonchev–Trinajstić information content (AvgIpc) is 3.42. The van der Waals surface area contributed by atoms with Gasteiger partial charge in [-0.3, -0.25) is 24.2 Å². The Bertz CT molecular complexity index is 1520. The normalized spacial score (nSPS) is 19.0. The molecule has 0 aliphatic carbocycles. The third kappa shape index (κ3) is 4.85. The molecule has 2 amide bonds. The number of halogens is 1. The van der Waals surface area contributed by atoms with E-state index in [1.54, 1.807) is 16.9 Å². The second kappa shape index (κ2) is 9.92. The minimum absolute atomic E-state index is 0.136. The van der Waals surface area contributed by atoms with Crippen LogP contribution in [0.4, 0.5) is 15.8 Å². The Morgan fingerprint density at radius 1 is 1.03 bits per heavy atom. The van der Waals surface area contributed by atoms with Crippen LogP contribution in [-0.4, -0.2) is 68.3 Å². The molecule has 6 rings (SSSR count). The van der Waals surface area contributed by atoms with Gasteiger partial charge in [0.05, 0.1) is 54.6 Å². The molecule has 5 heterocycles. The molecule has 2 atom stereocenters. The Morgan fingerprint density at radius 3 is 2.61 bits per heavy atom.